The van der Waals surface area contributed by atoms with Gasteiger partial charge in [-0.25, -0.2) is 0 Å². The number of hydrogen-bond acceptors (Lipinski definition) is 6. The SMILES string of the molecule is CCCCCCCCN1CCN(C(=O)c2ccc(C(=O)N3C[C@@H](C(=O)N[C@H]4C[C@@H]4c4ccccc4)[C@H](C(=O)N[C@H]4C[C@@H]4c4ccccc4)C3)cc2)C[C@@H]1C(=O)NCCCCCC. The molecule has 3 aromatic rings. The summed E-state index contributed by atoms with van der Waals surface area (Å²) in [6.07, 6.45) is 13.1. The summed E-state index contributed by atoms with van der Waals surface area (Å²) in [7, 11) is 0. The van der Waals surface area contributed by atoms with E-state index in [1.54, 1.807) is 34.1 Å². The minimum Gasteiger partial charge on any atom is -0.355 e. The summed E-state index contributed by atoms with van der Waals surface area (Å²) in [5.74, 6) is -1.76. The van der Waals surface area contributed by atoms with Gasteiger partial charge < -0.3 is 25.8 Å². The second-order valence-electron chi connectivity index (χ2n) is 18.2. The van der Waals surface area contributed by atoms with Gasteiger partial charge in [-0.2, -0.15) is 0 Å². The van der Waals surface area contributed by atoms with Crippen LogP contribution in [0, 0.1) is 11.8 Å². The number of rotatable bonds is 21. The minimum absolute atomic E-state index is 0.00199. The van der Waals surface area contributed by atoms with Gasteiger partial charge in [-0.3, -0.25) is 28.9 Å². The van der Waals surface area contributed by atoms with Crippen LogP contribution in [0.3, 0.4) is 0 Å². The van der Waals surface area contributed by atoms with Gasteiger partial charge in [-0.15, -0.1) is 0 Å². The molecule has 332 valence electrons. The van der Waals surface area contributed by atoms with Gasteiger partial charge in [0, 0.05) is 74.3 Å². The van der Waals surface area contributed by atoms with E-state index in [4.69, 9.17) is 0 Å². The summed E-state index contributed by atoms with van der Waals surface area (Å²) < 4.78 is 0. The van der Waals surface area contributed by atoms with Gasteiger partial charge in [-0.05, 0) is 67.6 Å². The molecule has 3 aromatic carbocycles. The first-order chi connectivity index (χ1) is 30.2. The van der Waals surface area contributed by atoms with Crippen molar-refractivity contribution in [2.75, 3.05) is 45.8 Å². The fourth-order valence-electron chi connectivity index (χ4n) is 9.55. The molecule has 4 fully saturated rings. The maximum Gasteiger partial charge on any atom is 0.253 e. The van der Waals surface area contributed by atoms with Crippen LogP contribution in [0.1, 0.15) is 135 Å². The molecule has 11 nitrogen and oxygen atoms in total. The minimum atomic E-state index is -0.688. The Morgan fingerprint density at radius 1 is 0.532 bits per heavy atom. The molecule has 0 radical (unpaired) electrons. The molecule has 7 rings (SSSR count). The number of piperazine rings is 1. The molecule has 0 aromatic heterocycles. The van der Waals surface area contributed by atoms with Crippen LogP contribution in [0.4, 0.5) is 0 Å². The van der Waals surface area contributed by atoms with E-state index in [9.17, 15) is 24.0 Å². The summed E-state index contributed by atoms with van der Waals surface area (Å²) in [4.78, 5) is 75.1. The fourth-order valence-corrected chi connectivity index (χ4v) is 9.55. The van der Waals surface area contributed by atoms with Crippen molar-refractivity contribution in [1.82, 2.24) is 30.7 Å². The van der Waals surface area contributed by atoms with E-state index in [-0.39, 0.29) is 66.5 Å². The topological polar surface area (TPSA) is 131 Å². The summed E-state index contributed by atoms with van der Waals surface area (Å²) in [5, 5.41) is 9.57. The molecular weight excluding hydrogens is 777 g/mol. The lowest BCUT2D eigenvalue weighted by molar-refractivity contribution is -0.133. The second kappa shape index (κ2) is 21.9. The molecule has 2 saturated heterocycles. The van der Waals surface area contributed by atoms with Gasteiger partial charge in [0.2, 0.25) is 17.7 Å². The van der Waals surface area contributed by atoms with E-state index >= 15 is 0 Å². The Morgan fingerprint density at radius 3 is 1.55 bits per heavy atom. The number of benzene rings is 3. The second-order valence-corrected chi connectivity index (χ2v) is 18.2. The zero-order valence-corrected chi connectivity index (χ0v) is 36.9. The van der Waals surface area contributed by atoms with Crippen LogP contribution in [0.25, 0.3) is 0 Å². The summed E-state index contributed by atoms with van der Waals surface area (Å²) >= 11 is 0. The molecule has 3 N–H and O–H groups in total. The van der Waals surface area contributed by atoms with Gasteiger partial charge in [0.1, 0.15) is 6.04 Å². The first-order valence-electron chi connectivity index (χ1n) is 23.7. The zero-order valence-electron chi connectivity index (χ0n) is 36.9. The van der Waals surface area contributed by atoms with Crippen LogP contribution in [-0.2, 0) is 14.4 Å². The number of carbonyl (C=O) groups excluding carboxylic acids is 5. The van der Waals surface area contributed by atoms with Crippen LogP contribution >= 0.6 is 0 Å². The molecule has 0 unspecified atom stereocenters. The lowest BCUT2D eigenvalue weighted by Crippen LogP contribution is -2.60. The summed E-state index contributed by atoms with van der Waals surface area (Å²) in [6.45, 7) is 7.60. The van der Waals surface area contributed by atoms with Crippen LogP contribution in [-0.4, -0.2) is 108 Å². The normalized spacial score (nSPS) is 24.3. The maximum absolute atomic E-state index is 14.1. The Morgan fingerprint density at radius 2 is 1.02 bits per heavy atom. The Balaban J connectivity index is 0.977. The largest absolute Gasteiger partial charge is 0.355 e. The average Bonchev–Trinajstić information content (AvgIpc) is 4.22. The Bertz CT molecular complexity index is 1880. The Labute approximate surface area is 368 Å². The molecule has 2 aliphatic heterocycles. The molecule has 62 heavy (non-hydrogen) atoms. The number of nitrogens with one attached hydrogen (secondary N) is 3. The molecule has 0 bridgehead atoms. The number of hydrogen-bond donors (Lipinski definition) is 3. The predicted molar refractivity (Wildman–Crippen MR) is 243 cm³/mol. The molecule has 2 aliphatic carbocycles. The molecule has 7 atom stereocenters. The standard InChI is InChI=1S/C51H68N6O5/c1-3-5-7-9-10-18-28-55-29-30-56(35-46(55)49(60)52-27-17-8-6-4-2)50(61)38-23-25-39(26-24-38)51(62)57-33-42(47(58)53-44-31-40(44)36-19-13-11-14-20-36)43(34-57)48(59)54-45-32-41(45)37-21-15-12-16-22-37/h11-16,19-26,40-46H,3-10,17-18,27-35H2,1-2H3,(H,52,60)(H,53,58)(H,54,59)/t40-,41-,42-,43-,44+,45+,46-/m1/s1. The molecule has 4 aliphatic rings. The predicted octanol–water partition coefficient (Wildman–Crippen LogP) is 6.90. The van der Waals surface area contributed by atoms with Crippen molar-refractivity contribution in [2.45, 2.75) is 121 Å². The highest BCUT2D eigenvalue weighted by molar-refractivity contribution is 5.99. The van der Waals surface area contributed by atoms with Gasteiger partial charge in [0.05, 0.1) is 11.8 Å². The highest BCUT2D eigenvalue weighted by Crippen LogP contribution is 2.42. The molecular formula is C51H68N6O5. The van der Waals surface area contributed by atoms with Gasteiger partial charge in [0.15, 0.2) is 0 Å². The number of likely N-dealkylation sites (tertiary alicyclic amines) is 1. The first-order valence-corrected chi connectivity index (χ1v) is 23.7. The Kier molecular flexibility index (Phi) is 15.9. The fraction of sp³-hybridized carbons (Fsp3) is 0.549. The van der Waals surface area contributed by atoms with Crippen LogP contribution in [0.5, 0.6) is 0 Å². The highest BCUT2D eigenvalue weighted by Gasteiger charge is 2.49. The van der Waals surface area contributed by atoms with E-state index in [1.807, 2.05) is 36.4 Å². The van der Waals surface area contributed by atoms with E-state index < -0.39 is 17.9 Å². The van der Waals surface area contributed by atoms with Crippen molar-refractivity contribution < 1.29 is 24.0 Å². The van der Waals surface area contributed by atoms with Crippen molar-refractivity contribution >= 4 is 29.5 Å². The van der Waals surface area contributed by atoms with Crippen LogP contribution < -0.4 is 16.0 Å². The lowest BCUT2D eigenvalue weighted by Gasteiger charge is -2.40. The van der Waals surface area contributed by atoms with Crippen molar-refractivity contribution in [3.8, 4) is 0 Å². The van der Waals surface area contributed by atoms with Gasteiger partial charge >= 0.3 is 0 Å². The van der Waals surface area contributed by atoms with E-state index in [2.05, 4.69) is 59.0 Å². The van der Waals surface area contributed by atoms with Gasteiger partial charge in [0.25, 0.3) is 11.8 Å². The van der Waals surface area contributed by atoms with E-state index in [0.29, 0.717) is 37.3 Å². The zero-order chi connectivity index (χ0) is 43.4. The van der Waals surface area contributed by atoms with E-state index in [0.717, 1.165) is 57.9 Å². The number of nitrogens with zero attached hydrogens (tertiary/aromatic N) is 3. The molecule has 5 amide bonds. The quantitative estimate of drug-likeness (QED) is 0.100. The van der Waals surface area contributed by atoms with Crippen molar-refractivity contribution in [2.24, 2.45) is 11.8 Å². The van der Waals surface area contributed by atoms with E-state index in [1.165, 1.54) is 36.8 Å². The third kappa shape index (κ3) is 11.7. The molecule has 2 heterocycles. The monoisotopic (exact) mass is 845 g/mol. The number of unbranched alkanes of at least 4 members (excludes halogenated alkanes) is 8. The molecule has 0 spiro atoms. The summed E-state index contributed by atoms with van der Waals surface area (Å²) in [5.41, 5.74) is 3.21. The van der Waals surface area contributed by atoms with Crippen molar-refractivity contribution in [3.05, 3.63) is 107 Å². The van der Waals surface area contributed by atoms with Crippen molar-refractivity contribution in [3.63, 3.8) is 0 Å². The third-order valence-electron chi connectivity index (χ3n) is 13.6. The Hall–Kier alpha value is -5.03. The lowest BCUT2D eigenvalue weighted by atomic mass is 9.94. The smallest absolute Gasteiger partial charge is 0.253 e. The van der Waals surface area contributed by atoms with Crippen LogP contribution in [0.2, 0.25) is 0 Å². The highest BCUT2D eigenvalue weighted by atomic mass is 16.2. The van der Waals surface area contributed by atoms with Gasteiger partial charge in [-0.1, -0.05) is 126 Å². The maximum atomic E-state index is 14.1. The third-order valence-corrected chi connectivity index (χ3v) is 13.6. The molecule has 2 saturated carbocycles. The number of amides is 5. The molecule has 11 heteroatoms. The van der Waals surface area contributed by atoms with Crippen LogP contribution in [0.15, 0.2) is 84.9 Å². The van der Waals surface area contributed by atoms with Crippen molar-refractivity contribution in [1.29, 1.82) is 0 Å². The summed E-state index contributed by atoms with van der Waals surface area (Å²) in [6, 6.07) is 26.5. The number of carbonyl (C=O) groups is 5. The first kappa shape index (κ1) is 45.0. The average molecular weight is 845 g/mol.